The van der Waals surface area contributed by atoms with Crippen LogP contribution in [0.25, 0.3) is 5.69 Å². The van der Waals surface area contributed by atoms with Gasteiger partial charge in [-0.3, -0.25) is 0 Å². The second-order valence-corrected chi connectivity index (χ2v) is 4.09. The van der Waals surface area contributed by atoms with Crippen molar-refractivity contribution in [1.29, 1.82) is 0 Å². The van der Waals surface area contributed by atoms with Crippen LogP contribution in [-0.2, 0) is 0 Å². The number of aryl methyl sites for hydroxylation is 2. The highest BCUT2D eigenvalue weighted by molar-refractivity contribution is 7.80. The molecule has 0 aliphatic heterocycles. The molecule has 0 saturated heterocycles. The number of halogens is 1. The summed E-state index contributed by atoms with van der Waals surface area (Å²) >= 11 is 4.79. The van der Waals surface area contributed by atoms with Gasteiger partial charge in [0, 0.05) is 5.56 Å². The van der Waals surface area contributed by atoms with E-state index in [0.717, 1.165) is 0 Å². The van der Waals surface area contributed by atoms with Crippen molar-refractivity contribution in [2.75, 3.05) is 0 Å². The van der Waals surface area contributed by atoms with Crippen LogP contribution in [0, 0.1) is 19.7 Å². The van der Waals surface area contributed by atoms with E-state index < -0.39 is 5.82 Å². The van der Waals surface area contributed by atoms with Gasteiger partial charge in [0.05, 0.1) is 0 Å². The van der Waals surface area contributed by atoms with Crippen LogP contribution >= 0.6 is 12.2 Å². The lowest BCUT2D eigenvalue weighted by Crippen LogP contribution is -2.11. The minimum absolute atomic E-state index is 0.168. The van der Waals surface area contributed by atoms with Gasteiger partial charge in [-0.25, -0.2) is 14.1 Å². The Labute approximate surface area is 103 Å². The SMILES string of the molecule is Cc1nc(C)n(-c2ccc(C(N)=S)cc2F)n1. The van der Waals surface area contributed by atoms with Gasteiger partial charge < -0.3 is 5.73 Å². The maximum absolute atomic E-state index is 13.9. The van der Waals surface area contributed by atoms with Crippen molar-refractivity contribution in [3.8, 4) is 5.69 Å². The Kier molecular flexibility index (Phi) is 2.89. The van der Waals surface area contributed by atoms with E-state index in [4.69, 9.17) is 18.0 Å². The molecular weight excluding hydrogens is 239 g/mol. The lowest BCUT2D eigenvalue weighted by atomic mass is 10.2. The Bertz CT molecular complexity index is 591. The number of rotatable bonds is 2. The number of benzene rings is 1. The van der Waals surface area contributed by atoms with Gasteiger partial charge in [-0.15, -0.1) is 0 Å². The first-order chi connectivity index (χ1) is 7.99. The van der Waals surface area contributed by atoms with Crippen molar-refractivity contribution in [3.63, 3.8) is 0 Å². The maximum Gasteiger partial charge on any atom is 0.149 e. The Morgan fingerprint density at radius 2 is 2.12 bits per heavy atom. The van der Waals surface area contributed by atoms with Gasteiger partial charge in [-0.05, 0) is 32.0 Å². The minimum atomic E-state index is -0.428. The average molecular weight is 250 g/mol. The molecular formula is C11H11FN4S. The van der Waals surface area contributed by atoms with Gasteiger partial charge in [0.2, 0.25) is 0 Å². The number of thiocarbonyl (C=S) groups is 1. The molecule has 0 unspecified atom stereocenters. The van der Waals surface area contributed by atoms with E-state index >= 15 is 0 Å². The molecule has 17 heavy (non-hydrogen) atoms. The van der Waals surface area contributed by atoms with E-state index in [1.165, 1.54) is 10.7 Å². The molecule has 0 radical (unpaired) electrons. The predicted octanol–water partition coefficient (Wildman–Crippen LogP) is 1.66. The van der Waals surface area contributed by atoms with Crippen molar-refractivity contribution in [3.05, 3.63) is 41.2 Å². The van der Waals surface area contributed by atoms with E-state index in [9.17, 15) is 4.39 Å². The van der Waals surface area contributed by atoms with Crippen LogP contribution < -0.4 is 5.73 Å². The summed E-state index contributed by atoms with van der Waals surface area (Å²) in [5.74, 6) is 0.799. The molecule has 0 saturated carbocycles. The van der Waals surface area contributed by atoms with Gasteiger partial charge in [0.1, 0.15) is 28.1 Å². The fraction of sp³-hybridized carbons (Fsp3) is 0.182. The summed E-state index contributed by atoms with van der Waals surface area (Å²) in [7, 11) is 0. The van der Waals surface area contributed by atoms with Crippen LogP contribution in [0.4, 0.5) is 4.39 Å². The van der Waals surface area contributed by atoms with Crippen molar-refractivity contribution < 1.29 is 4.39 Å². The molecule has 0 amide bonds. The number of hydrogen-bond acceptors (Lipinski definition) is 3. The quantitative estimate of drug-likeness (QED) is 0.823. The third-order valence-corrected chi connectivity index (χ3v) is 2.57. The normalized spacial score (nSPS) is 10.5. The first kappa shape index (κ1) is 11.7. The van der Waals surface area contributed by atoms with E-state index in [2.05, 4.69) is 10.1 Å². The second kappa shape index (κ2) is 4.21. The van der Waals surface area contributed by atoms with Gasteiger partial charge in [0.15, 0.2) is 0 Å². The maximum atomic E-state index is 13.9. The second-order valence-electron chi connectivity index (χ2n) is 3.65. The molecule has 2 rings (SSSR count). The van der Waals surface area contributed by atoms with E-state index in [1.807, 2.05) is 0 Å². The van der Waals surface area contributed by atoms with Crippen LogP contribution in [0.5, 0.6) is 0 Å². The van der Waals surface area contributed by atoms with Crippen molar-refractivity contribution in [1.82, 2.24) is 14.8 Å². The highest BCUT2D eigenvalue weighted by atomic mass is 32.1. The van der Waals surface area contributed by atoms with Crippen LogP contribution in [0.2, 0.25) is 0 Å². The monoisotopic (exact) mass is 250 g/mol. The van der Waals surface area contributed by atoms with E-state index in [0.29, 0.717) is 22.9 Å². The number of hydrogen-bond donors (Lipinski definition) is 1. The Balaban J connectivity index is 2.54. The molecule has 1 aromatic carbocycles. The zero-order valence-corrected chi connectivity index (χ0v) is 10.3. The summed E-state index contributed by atoms with van der Waals surface area (Å²) in [4.78, 5) is 4.29. The van der Waals surface area contributed by atoms with Crippen LogP contribution in [0.1, 0.15) is 17.2 Å². The largest absolute Gasteiger partial charge is 0.389 e. The van der Waals surface area contributed by atoms with E-state index in [-0.39, 0.29) is 4.99 Å². The van der Waals surface area contributed by atoms with Gasteiger partial charge in [-0.1, -0.05) is 12.2 Å². The summed E-state index contributed by atoms with van der Waals surface area (Å²) in [6.45, 7) is 3.52. The molecule has 0 aliphatic carbocycles. The molecule has 2 N–H and O–H groups in total. The molecule has 6 heteroatoms. The smallest absolute Gasteiger partial charge is 0.149 e. The average Bonchev–Trinajstić information content (AvgIpc) is 2.57. The lowest BCUT2D eigenvalue weighted by Gasteiger charge is -2.06. The third kappa shape index (κ3) is 2.16. The highest BCUT2D eigenvalue weighted by Gasteiger charge is 2.11. The molecule has 4 nitrogen and oxygen atoms in total. The lowest BCUT2D eigenvalue weighted by molar-refractivity contribution is 0.607. The van der Waals surface area contributed by atoms with Crippen LogP contribution in [-0.4, -0.2) is 19.8 Å². The van der Waals surface area contributed by atoms with Crippen molar-refractivity contribution in [2.45, 2.75) is 13.8 Å². The summed E-state index contributed by atoms with van der Waals surface area (Å²) in [6.07, 6.45) is 0. The summed E-state index contributed by atoms with van der Waals surface area (Å²) in [5.41, 5.74) is 6.27. The number of aromatic nitrogens is 3. The first-order valence-corrected chi connectivity index (χ1v) is 5.40. The fourth-order valence-corrected chi connectivity index (χ4v) is 1.71. The zero-order valence-electron chi connectivity index (χ0n) is 9.44. The van der Waals surface area contributed by atoms with Gasteiger partial charge in [0.25, 0.3) is 0 Å². The van der Waals surface area contributed by atoms with Crippen LogP contribution in [0.15, 0.2) is 18.2 Å². The highest BCUT2D eigenvalue weighted by Crippen LogP contribution is 2.16. The topological polar surface area (TPSA) is 56.7 Å². The molecule has 2 aromatic rings. The Morgan fingerprint density at radius 1 is 1.41 bits per heavy atom. The first-order valence-electron chi connectivity index (χ1n) is 4.99. The molecule has 0 atom stereocenters. The third-order valence-electron chi connectivity index (χ3n) is 2.34. The summed E-state index contributed by atoms with van der Waals surface area (Å²) < 4.78 is 15.3. The molecule has 0 spiro atoms. The van der Waals surface area contributed by atoms with E-state index in [1.54, 1.807) is 26.0 Å². The van der Waals surface area contributed by atoms with Crippen molar-refractivity contribution >= 4 is 17.2 Å². The number of nitrogens with two attached hydrogens (primary N) is 1. The van der Waals surface area contributed by atoms with Gasteiger partial charge >= 0.3 is 0 Å². The Hall–Kier alpha value is -1.82. The molecule has 0 fully saturated rings. The summed E-state index contributed by atoms with van der Waals surface area (Å²) in [5, 5.41) is 4.12. The molecule has 0 bridgehead atoms. The predicted molar refractivity (Wildman–Crippen MR) is 66.7 cm³/mol. The number of nitrogens with zero attached hydrogens (tertiary/aromatic N) is 3. The summed E-state index contributed by atoms with van der Waals surface area (Å²) in [6, 6.07) is 4.55. The standard InChI is InChI=1S/C11H11FN4S/c1-6-14-7(2)16(15-6)10-4-3-8(11(13)17)5-9(10)12/h3-5H,1-2H3,(H2,13,17). The zero-order chi connectivity index (χ0) is 12.6. The minimum Gasteiger partial charge on any atom is -0.389 e. The van der Waals surface area contributed by atoms with Crippen LogP contribution in [0.3, 0.4) is 0 Å². The van der Waals surface area contributed by atoms with Gasteiger partial charge in [-0.2, -0.15) is 5.10 Å². The molecule has 88 valence electrons. The molecule has 0 aliphatic rings. The molecule has 1 heterocycles. The Morgan fingerprint density at radius 3 is 2.59 bits per heavy atom. The molecule has 1 aromatic heterocycles. The fourth-order valence-electron chi connectivity index (χ4n) is 1.58. The van der Waals surface area contributed by atoms with Crippen molar-refractivity contribution in [2.24, 2.45) is 5.73 Å².